The molecule has 0 aromatic heterocycles. The third-order valence-corrected chi connectivity index (χ3v) is 7.43. The van der Waals surface area contributed by atoms with Crippen LogP contribution >= 0.6 is 0 Å². The molecule has 0 radical (unpaired) electrons. The van der Waals surface area contributed by atoms with Crippen molar-refractivity contribution in [3.05, 3.63) is 12.2 Å². The molecule has 0 aliphatic heterocycles. The number of hydrogen-bond donors (Lipinski definition) is 1. The van der Waals surface area contributed by atoms with Gasteiger partial charge >= 0.3 is 10.4 Å². The Kier molecular flexibility index (Phi) is 26.4. The summed E-state index contributed by atoms with van der Waals surface area (Å²) < 4.78 is 35.6. The van der Waals surface area contributed by atoms with Crippen molar-refractivity contribution in [1.82, 2.24) is 0 Å². The average molecular weight is 517 g/mol. The van der Waals surface area contributed by atoms with Crippen LogP contribution in [0.5, 0.6) is 0 Å². The molecule has 0 saturated carbocycles. The molecular formula is C30H60O4S. The zero-order valence-corrected chi connectivity index (χ0v) is 24.3. The van der Waals surface area contributed by atoms with Gasteiger partial charge in [0.25, 0.3) is 0 Å². The SMILES string of the molecule is CCCCCCCCCCCCC/C=C/C(CCCCCCCCCCCCC)COS(=O)(=O)O. The van der Waals surface area contributed by atoms with Crippen molar-refractivity contribution >= 4 is 10.4 Å². The van der Waals surface area contributed by atoms with Crippen LogP contribution in [0.15, 0.2) is 12.2 Å². The normalized spacial score (nSPS) is 13.1. The molecule has 0 aliphatic carbocycles. The Morgan fingerprint density at radius 2 is 0.971 bits per heavy atom. The molecule has 4 nitrogen and oxygen atoms in total. The standard InChI is InChI=1S/C30H60O4S/c1-3-5-7-9-11-13-15-16-18-20-22-24-26-28-30(29-34-35(31,32)33)27-25-23-21-19-17-14-12-10-8-6-4-2/h26,28,30H,3-25,27,29H2,1-2H3,(H,31,32,33)/b28-26+. The van der Waals surface area contributed by atoms with Crippen molar-refractivity contribution in [2.24, 2.45) is 5.92 Å². The van der Waals surface area contributed by atoms with Gasteiger partial charge in [-0.25, -0.2) is 4.18 Å². The molecule has 0 fully saturated rings. The van der Waals surface area contributed by atoms with Gasteiger partial charge < -0.3 is 0 Å². The van der Waals surface area contributed by atoms with Crippen molar-refractivity contribution in [3.8, 4) is 0 Å². The van der Waals surface area contributed by atoms with E-state index in [1.807, 2.05) is 0 Å². The molecule has 35 heavy (non-hydrogen) atoms. The third-order valence-electron chi connectivity index (χ3n) is 6.99. The van der Waals surface area contributed by atoms with Crippen molar-refractivity contribution in [2.45, 2.75) is 168 Å². The summed E-state index contributed by atoms with van der Waals surface area (Å²) in [4.78, 5) is 0. The predicted molar refractivity (Wildman–Crippen MR) is 152 cm³/mol. The van der Waals surface area contributed by atoms with Gasteiger partial charge in [0, 0.05) is 5.92 Å². The van der Waals surface area contributed by atoms with E-state index < -0.39 is 10.4 Å². The molecule has 0 amide bonds. The fourth-order valence-corrected chi connectivity index (χ4v) is 5.04. The highest BCUT2D eigenvalue weighted by molar-refractivity contribution is 7.80. The first-order chi connectivity index (χ1) is 17.0. The maximum Gasteiger partial charge on any atom is 0.397 e. The second kappa shape index (κ2) is 26.7. The van der Waals surface area contributed by atoms with E-state index >= 15 is 0 Å². The van der Waals surface area contributed by atoms with Gasteiger partial charge in [-0.15, -0.1) is 0 Å². The summed E-state index contributed by atoms with van der Waals surface area (Å²) in [6.45, 7) is 4.57. The van der Waals surface area contributed by atoms with Crippen molar-refractivity contribution in [2.75, 3.05) is 6.61 Å². The van der Waals surface area contributed by atoms with E-state index in [1.165, 1.54) is 135 Å². The Balaban J connectivity index is 3.83. The largest absolute Gasteiger partial charge is 0.397 e. The molecule has 0 aromatic rings. The number of allylic oxidation sites excluding steroid dienone is 1. The molecule has 5 heteroatoms. The van der Waals surface area contributed by atoms with Crippen molar-refractivity contribution in [1.29, 1.82) is 0 Å². The van der Waals surface area contributed by atoms with Gasteiger partial charge in [-0.05, 0) is 19.3 Å². The lowest BCUT2D eigenvalue weighted by atomic mass is 9.99. The van der Waals surface area contributed by atoms with E-state index in [0.29, 0.717) is 0 Å². The lowest BCUT2D eigenvalue weighted by molar-refractivity contribution is 0.234. The van der Waals surface area contributed by atoms with Crippen LogP contribution in [-0.2, 0) is 14.6 Å². The van der Waals surface area contributed by atoms with E-state index in [-0.39, 0.29) is 12.5 Å². The van der Waals surface area contributed by atoms with Crippen LogP contribution in [0.2, 0.25) is 0 Å². The maximum absolute atomic E-state index is 11.0. The Morgan fingerprint density at radius 1 is 0.600 bits per heavy atom. The maximum atomic E-state index is 11.0. The summed E-state index contributed by atoms with van der Waals surface area (Å²) in [5.41, 5.74) is 0. The van der Waals surface area contributed by atoms with E-state index in [0.717, 1.165) is 19.3 Å². The lowest BCUT2D eigenvalue weighted by Gasteiger charge is -2.12. The highest BCUT2D eigenvalue weighted by Crippen LogP contribution is 2.17. The van der Waals surface area contributed by atoms with Crippen LogP contribution < -0.4 is 0 Å². The molecule has 0 heterocycles. The van der Waals surface area contributed by atoms with Gasteiger partial charge in [0.2, 0.25) is 0 Å². The van der Waals surface area contributed by atoms with Crippen LogP contribution in [-0.4, -0.2) is 19.6 Å². The zero-order valence-electron chi connectivity index (χ0n) is 23.5. The highest BCUT2D eigenvalue weighted by Gasteiger charge is 2.11. The molecule has 0 aliphatic rings. The second-order valence-corrected chi connectivity index (χ2v) is 11.6. The van der Waals surface area contributed by atoms with Gasteiger partial charge in [-0.2, -0.15) is 8.42 Å². The molecule has 0 spiro atoms. The molecule has 1 unspecified atom stereocenters. The highest BCUT2D eigenvalue weighted by atomic mass is 32.3. The van der Waals surface area contributed by atoms with Crippen molar-refractivity contribution in [3.63, 3.8) is 0 Å². The minimum absolute atomic E-state index is 0.0470. The fraction of sp³-hybridized carbons (Fsp3) is 0.933. The monoisotopic (exact) mass is 516 g/mol. The quantitative estimate of drug-likeness (QED) is 0.0638. The van der Waals surface area contributed by atoms with Gasteiger partial charge in [-0.3, -0.25) is 4.55 Å². The van der Waals surface area contributed by atoms with Crippen molar-refractivity contribution < 1.29 is 17.2 Å². The molecule has 0 aromatic carbocycles. The molecule has 0 saturated heterocycles. The summed E-state index contributed by atoms with van der Waals surface area (Å²) in [6, 6.07) is 0. The third kappa shape index (κ3) is 29.7. The zero-order chi connectivity index (χ0) is 25.9. The minimum atomic E-state index is -4.36. The summed E-state index contributed by atoms with van der Waals surface area (Å²) in [6.07, 6.45) is 35.4. The Hall–Kier alpha value is -0.390. The predicted octanol–water partition coefficient (Wildman–Crippen LogP) is 10.4. The van der Waals surface area contributed by atoms with Crippen LogP contribution in [0, 0.1) is 5.92 Å². The summed E-state index contributed by atoms with van der Waals surface area (Å²) in [5.74, 6) is 0.0585. The molecular weight excluding hydrogens is 456 g/mol. The van der Waals surface area contributed by atoms with E-state index in [1.54, 1.807) is 0 Å². The summed E-state index contributed by atoms with van der Waals surface area (Å²) >= 11 is 0. The Morgan fingerprint density at radius 3 is 1.37 bits per heavy atom. The second-order valence-electron chi connectivity index (χ2n) is 10.5. The molecule has 210 valence electrons. The van der Waals surface area contributed by atoms with Gasteiger partial charge in [0.05, 0.1) is 6.61 Å². The fourth-order valence-electron chi connectivity index (χ4n) is 4.69. The first kappa shape index (κ1) is 34.6. The van der Waals surface area contributed by atoms with Crippen LogP contribution in [0.25, 0.3) is 0 Å². The summed E-state index contributed by atoms with van der Waals surface area (Å²) in [7, 11) is -4.36. The summed E-state index contributed by atoms with van der Waals surface area (Å²) in [5, 5.41) is 0. The smallest absolute Gasteiger partial charge is 0.264 e. The number of rotatable bonds is 28. The van der Waals surface area contributed by atoms with E-state index in [2.05, 4.69) is 30.2 Å². The van der Waals surface area contributed by atoms with Gasteiger partial charge in [-0.1, -0.05) is 161 Å². The first-order valence-corrected chi connectivity index (χ1v) is 16.6. The molecule has 1 atom stereocenters. The van der Waals surface area contributed by atoms with E-state index in [9.17, 15) is 8.42 Å². The van der Waals surface area contributed by atoms with Gasteiger partial charge in [0.15, 0.2) is 0 Å². The molecule has 1 N–H and O–H groups in total. The molecule has 0 rings (SSSR count). The number of hydrogen-bond acceptors (Lipinski definition) is 3. The van der Waals surface area contributed by atoms with Crippen LogP contribution in [0.1, 0.15) is 168 Å². The Labute approximate surface area is 220 Å². The van der Waals surface area contributed by atoms with E-state index in [4.69, 9.17) is 4.55 Å². The Bertz CT molecular complexity index is 545. The van der Waals surface area contributed by atoms with Crippen LogP contribution in [0.3, 0.4) is 0 Å². The van der Waals surface area contributed by atoms with Gasteiger partial charge in [0.1, 0.15) is 0 Å². The number of unbranched alkanes of at least 4 members (excludes halogenated alkanes) is 21. The molecule has 0 bridgehead atoms. The lowest BCUT2D eigenvalue weighted by Crippen LogP contribution is -2.12. The minimum Gasteiger partial charge on any atom is -0.264 e. The average Bonchev–Trinajstić information content (AvgIpc) is 2.82. The first-order valence-electron chi connectivity index (χ1n) is 15.3. The van der Waals surface area contributed by atoms with Crippen LogP contribution in [0.4, 0.5) is 0 Å². The topological polar surface area (TPSA) is 63.6 Å².